The predicted octanol–water partition coefficient (Wildman–Crippen LogP) is 2.52. The molecule has 1 aliphatic rings. The van der Waals surface area contributed by atoms with E-state index in [4.69, 9.17) is 9.26 Å². The first-order chi connectivity index (χ1) is 13.0. The van der Waals surface area contributed by atoms with Crippen LogP contribution < -0.4 is 9.64 Å². The Morgan fingerprint density at radius 2 is 2.00 bits per heavy atom. The molecule has 0 N–H and O–H groups in total. The van der Waals surface area contributed by atoms with Gasteiger partial charge in [0.25, 0.3) is 5.91 Å². The second-order valence-electron chi connectivity index (χ2n) is 6.99. The van der Waals surface area contributed by atoms with Crippen LogP contribution in [0.1, 0.15) is 25.1 Å². The lowest BCUT2D eigenvalue weighted by molar-refractivity contribution is -0.134. The molecule has 2 heterocycles. The third-order valence-electron chi connectivity index (χ3n) is 4.76. The fraction of sp³-hybridized carbons (Fsp3) is 0.526. The quantitative estimate of drug-likeness (QED) is 0.739. The minimum absolute atomic E-state index is 0.0214. The second kappa shape index (κ2) is 8.83. The summed E-state index contributed by atoms with van der Waals surface area (Å²) in [4.78, 5) is 20.2. The maximum atomic E-state index is 12.9. The van der Waals surface area contributed by atoms with Crippen molar-refractivity contribution in [1.82, 2.24) is 15.0 Å². The van der Waals surface area contributed by atoms with Crippen molar-refractivity contribution < 1.29 is 18.4 Å². The molecule has 7 nitrogen and oxygen atoms in total. The lowest BCUT2D eigenvalue weighted by Gasteiger charge is -2.31. The van der Waals surface area contributed by atoms with Gasteiger partial charge in [-0.05, 0) is 49.4 Å². The van der Waals surface area contributed by atoms with E-state index in [9.17, 15) is 9.18 Å². The Morgan fingerprint density at radius 3 is 2.63 bits per heavy atom. The maximum absolute atomic E-state index is 12.9. The van der Waals surface area contributed by atoms with Crippen LogP contribution in [0.4, 0.5) is 10.4 Å². The lowest BCUT2D eigenvalue weighted by Crippen LogP contribution is -2.41. The Hall–Kier alpha value is -2.64. The van der Waals surface area contributed by atoms with Crippen LogP contribution in [0.3, 0.4) is 0 Å². The molecule has 1 saturated heterocycles. The van der Waals surface area contributed by atoms with E-state index in [2.05, 4.69) is 10.1 Å². The normalized spacial score (nSPS) is 15.0. The highest BCUT2D eigenvalue weighted by atomic mass is 19.1. The molecular weight excluding hydrogens is 351 g/mol. The summed E-state index contributed by atoms with van der Waals surface area (Å²) in [5, 5.41) is 3.99. The summed E-state index contributed by atoms with van der Waals surface area (Å²) >= 11 is 0. The molecule has 1 aliphatic heterocycles. The van der Waals surface area contributed by atoms with Gasteiger partial charge in [-0.25, -0.2) is 4.39 Å². The largest absolute Gasteiger partial charge is 0.484 e. The highest BCUT2D eigenvalue weighted by Gasteiger charge is 2.23. The molecule has 0 radical (unpaired) electrons. The van der Waals surface area contributed by atoms with Gasteiger partial charge in [-0.3, -0.25) is 4.79 Å². The van der Waals surface area contributed by atoms with Crippen molar-refractivity contribution in [1.29, 1.82) is 0 Å². The van der Waals surface area contributed by atoms with E-state index in [0.717, 1.165) is 44.6 Å². The van der Waals surface area contributed by atoms with Crippen LogP contribution in [0.15, 0.2) is 28.8 Å². The Morgan fingerprint density at radius 1 is 1.30 bits per heavy atom. The molecule has 1 amide bonds. The fourth-order valence-electron chi connectivity index (χ4n) is 3.10. The van der Waals surface area contributed by atoms with E-state index in [1.54, 1.807) is 4.90 Å². The number of likely N-dealkylation sites (tertiary alicyclic amines) is 1. The first-order valence-electron chi connectivity index (χ1n) is 9.17. The monoisotopic (exact) mass is 376 g/mol. The van der Waals surface area contributed by atoms with Crippen LogP contribution in [-0.2, 0) is 11.2 Å². The minimum atomic E-state index is -0.325. The molecule has 0 bridgehead atoms. The highest BCUT2D eigenvalue weighted by molar-refractivity contribution is 5.77. The van der Waals surface area contributed by atoms with Gasteiger partial charge in [0.05, 0.1) is 0 Å². The van der Waals surface area contributed by atoms with Crippen molar-refractivity contribution >= 4 is 11.9 Å². The molecule has 0 aliphatic carbocycles. The zero-order chi connectivity index (χ0) is 19.2. The van der Waals surface area contributed by atoms with Gasteiger partial charge in [0.15, 0.2) is 12.4 Å². The molecule has 0 atom stereocenters. The number of halogens is 1. The Bertz CT molecular complexity index is 740. The molecule has 1 aromatic heterocycles. The van der Waals surface area contributed by atoms with Crippen molar-refractivity contribution in [3.63, 3.8) is 0 Å². The molecule has 0 unspecified atom stereocenters. The smallest absolute Gasteiger partial charge is 0.323 e. The molecule has 27 heavy (non-hydrogen) atoms. The van der Waals surface area contributed by atoms with E-state index < -0.39 is 0 Å². The van der Waals surface area contributed by atoms with Gasteiger partial charge in [0.2, 0.25) is 0 Å². The van der Waals surface area contributed by atoms with E-state index >= 15 is 0 Å². The lowest BCUT2D eigenvalue weighted by atomic mass is 9.92. The van der Waals surface area contributed by atoms with Gasteiger partial charge < -0.3 is 19.1 Å². The van der Waals surface area contributed by atoms with Crippen molar-refractivity contribution in [2.45, 2.75) is 25.7 Å². The van der Waals surface area contributed by atoms with Crippen molar-refractivity contribution in [2.24, 2.45) is 5.92 Å². The van der Waals surface area contributed by atoms with Crippen LogP contribution in [0.25, 0.3) is 0 Å². The number of amides is 1. The molecular formula is C19H25FN4O3. The first kappa shape index (κ1) is 19.1. The zero-order valence-corrected chi connectivity index (χ0v) is 15.7. The molecule has 0 saturated carbocycles. The summed E-state index contributed by atoms with van der Waals surface area (Å²) in [6.45, 7) is 1.43. The second-order valence-corrected chi connectivity index (χ2v) is 6.99. The number of nitrogens with zero attached hydrogens (tertiary/aromatic N) is 4. The summed E-state index contributed by atoms with van der Waals surface area (Å²) in [5.41, 5.74) is 0. The predicted molar refractivity (Wildman–Crippen MR) is 98.1 cm³/mol. The number of rotatable bonds is 7. The number of carbonyl (C=O) groups is 1. The standard InChI is InChI=1S/C19H25FN4O3/c1-23(2)19-21-17(22-27-19)8-3-14-9-11-24(12-10-14)18(25)13-26-16-6-4-15(20)5-7-16/h4-7,14H,3,8-13H2,1-2H3. The topological polar surface area (TPSA) is 71.7 Å². The third-order valence-corrected chi connectivity index (χ3v) is 4.76. The third kappa shape index (κ3) is 5.42. The van der Waals surface area contributed by atoms with Crippen LogP contribution >= 0.6 is 0 Å². The summed E-state index contributed by atoms with van der Waals surface area (Å²) < 4.78 is 23.5. The molecule has 1 aromatic carbocycles. The van der Waals surface area contributed by atoms with E-state index in [1.807, 2.05) is 19.0 Å². The highest BCUT2D eigenvalue weighted by Crippen LogP contribution is 2.22. The number of ether oxygens (including phenoxy) is 1. The van der Waals surface area contributed by atoms with Crippen LogP contribution in [0.2, 0.25) is 0 Å². The molecule has 146 valence electrons. The Labute approximate surface area is 158 Å². The van der Waals surface area contributed by atoms with Crippen molar-refractivity contribution in [3.8, 4) is 5.75 Å². The molecule has 1 fully saturated rings. The van der Waals surface area contributed by atoms with Crippen LogP contribution in [-0.4, -0.2) is 54.7 Å². The average Bonchev–Trinajstić information content (AvgIpc) is 3.15. The summed E-state index contributed by atoms with van der Waals surface area (Å²) in [5.74, 6) is 1.41. The minimum Gasteiger partial charge on any atom is -0.484 e. The van der Waals surface area contributed by atoms with Crippen LogP contribution in [0, 0.1) is 11.7 Å². The number of carbonyl (C=O) groups excluding carboxylic acids is 1. The zero-order valence-electron chi connectivity index (χ0n) is 15.7. The van der Waals surface area contributed by atoms with Gasteiger partial charge in [0.1, 0.15) is 11.6 Å². The number of piperidine rings is 1. The molecule has 2 aromatic rings. The molecule has 3 rings (SSSR count). The number of aromatic nitrogens is 2. The van der Waals surface area contributed by atoms with Gasteiger partial charge in [-0.15, -0.1) is 0 Å². The number of hydrogen-bond donors (Lipinski definition) is 0. The number of benzene rings is 1. The van der Waals surface area contributed by atoms with Crippen molar-refractivity contribution in [3.05, 3.63) is 35.9 Å². The van der Waals surface area contributed by atoms with E-state index in [1.165, 1.54) is 24.3 Å². The fourth-order valence-corrected chi connectivity index (χ4v) is 3.10. The summed E-state index contributed by atoms with van der Waals surface area (Å²) in [6, 6.07) is 6.20. The number of anilines is 1. The van der Waals surface area contributed by atoms with Gasteiger partial charge in [-0.1, -0.05) is 5.16 Å². The van der Waals surface area contributed by atoms with E-state index in [0.29, 0.717) is 17.7 Å². The van der Waals surface area contributed by atoms with E-state index in [-0.39, 0.29) is 18.3 Å². The maximum Gasteiger partial charge on any atom is 0.323 e. The number of aryl methyl sites for hydroxylation is 1. The van der Waals surface area contributed by atoms with Crippen molar-refractivity contribution in [2.75, 3.05) is 38.7 Å². The Kier molecular flexibility index (Phi) is 6.26. The summed E-state index contributed by atoms with van der Waals surface area (Å²) in [7, 11) is 3.73. The first-order valence-corrected chi connectivity index (χ1v) is 9.17. The SMILES string of the molecule is CN(C)c1nc(CCC2CCN(C(=O)COc3ccc(F)cc3)CC2)no1. The van der Waals surface area contributed by atoms with Crippen LogP contribution in [0.5, 0.6) is 5.75 Å². The summed E-state index contributed by atoms with van der Waals surface area (Å²) in [6.07, 6.45) is 3.69. The van der Waals surface area contributed by atoms with Gasteiger partial charge in [-0.2, -0.15) is 4.98 Å². The Balaban J connectivity index is 1.37. The molecule has 8 heteroatoms. The van der Waals surface area contributed by atoms with Gasteiger partial charge >= 0.3 is 6.01 Å². The average molecular weight is 376 g/mol. The number of hydrogen-bond acceptors (Lipinski definition) is 6. The van der Waals surface area contributed by atoms with Gasteiger partial charge in [0, 0.05) is 33.6 Å². The molecule has 0 spiro atoms.